The van der Waals surface area contributed by atoms with Crippen molar-refractivity contribution in [2.24, 2.45) is 5.73 Å². The van der Waals surface area contributed by atoms with Crippen molar-refractivity contribution in [2.45, 2.75) is 62.7 Å². The van der Waals surface area contributed by atoms with Gasteiger partial charge in [-0.15, -0.1) is 0 Å². The summed E-state index contributed by atoms with van der Waals surface area (Å²) >= 11 is 1.39. The predicted octanol–water partition coefficient (Wildman–Crippen LogP) is -0.716. The number of aliphatic carboxylic acids is 3. The first-order valence-electron chi connectivity index (χ1n) is 11.9. The molecule has 1 rings (SSSR count). The normalized spacial score (nSPS) is 13.8. The molecule has 4 unspecified atom stereocenters. The second-order valence-corrected chi connectivity index (χ2v) is 9.63. The Balaban J connectivity index is 3.12. The summed E-state index contributed by atoms with van der Waals surface area (Å²) in [7, 11) is 0. The number of benzene rings is 1. The molecule has 0 radical (unpaired) electrons. The molecule has 0 aromatic heterocycles. The number of nitrogens with two attached hydrogens (primary N) is 1. The molecule has 9 N–H and O–H groups in total. The highest BCUT2D eigenvalue weighted by atomic mass is 32.2. The van der Waals surface area contributed by atoms with Gasteiger partial charge in [0.1, 0.15) is 23.9 Å². The SMILES string of the molecule is CSCCC(NC(=O)C(N)CCC(=O)O)C(=O)NC(Cc1ccc(O)cc1)C(=O)NC(CCC(=O)O)C(=O)O. The Kier molecular flexibility index (Phi) is 14.4. The van der Waals surface area contributed by atoms with Crippen molar-refractivity contribution in [1.82, 2.24) is 16.0 Å². The average molecular weight is 571 g/mol. The van der Waals surface area contributed by atoms with Gasteiger partial charge in [0.15, 0.2) is 0 Å². The first kappa shape index (κ1) is 33.2. The van der Waals surface area contributed by atoms with Crippen molar-refractivity contribution in [3.8, 4) is 5.75 Å². The fourth-order valence-corrected chi connectivity index (χ4v) is 3.81. The number of thioether (sulfide) groups is 1. The van der Waals surface area contributed by atoms with E-state index in [0.717, 1.165) is 0 Å². The molecule has 0 saturated heterocycles. The van der Waals surface area contributed by atoms with E-state index in [1.165, 1.54) is 36.0 Å². The zero-order chi connectivity index (χ0) is 29.5. The van der Waals surface area contributed by atoms with Gasteiger partial charge in [0.2, 0.25) is 17.7 Å². The molecule has 0 aliphatic rings. The van der Waals surface area contributed by atoms with E-state index in [-0.39, 0.29) is 31.4 Å². The highest BCUT2D eigenvalue weighted by molar-refractivity contribution is 7.98. The van der Waals surface area contributed by atoms with Crippen LogP contribution < -0.4 is 21.7 Å². The van der Waals surface area contributed by atoms with Crippen LogP contribution in [-0.2, 0) is 35.2 Å². The third-order valence-corrected chi connectivity index (χ3v) is 6.16. The van der Waals surface area contributed by atoms with E-state index < -0.39 is 72.6 Å². The molecule has 0 spiro atoms. The first-order valence-corrected chi connectivity index (χ1v) is 13.3. The molecular weight excluding hydrogens is 536 g/mol. The third kappa shape index (κ3) is 13.0. The van der Waals surface area contributed by atoms with Gasteiger partial charge in [-0.3, -0.25) is 24.0 Å². The summed E-state index contributed by atoms with van der Waals surface area (Å²) in [4.78, 5) is 72.0. The molecule has 3 amide bonds. The number of phenolic OH excluding ortho intramolecular Hbond substituents is 1. The summed E-state index contributed by atoms with van der Waals surface area (Å²) in [6, 6.07) is 0.517. The van der Waals surface area contributed by atoms with Crippen molar-refractivity contribution in [1.29, 1.82) is 0 Å². The van der Waals surface area contributed by atoms with E-state index in [4.69, 9.17) is 15.9 Å². The number of hydrogen-bond donors (Lipinski definition) is 8. The topological polar surface area (TPSA) is 245 Å². The number of rotatable bonds is 18. The molecule has 15 heteroatoms. The van der Waals surface area contributed by atoms with E-state index >= 15 is 0 Å². The lowest BCUT2D eigenvalue weighted by molar-refractivity contribution is -0.143. The van der Waals surface area contributed by atoms with Gasteiger partial charge in [-0.1, -0.05) is 12.1 Å². The lowest BCUT2D eigenvalue weighted by Gasteiger charge is -2.25. The fourth-order valence-electron chi connectivity index (χ4n) is 3.34. The molecule has 0 bridgehead atoms. The summed E-state index contributed by atoms with van der Waals surface area (Å²) in [5, 5.41) is 43.9. The number of aromatic hydroxyl groups is 1. The maximum Gasteiger partial charge on any atom is 0.326 e. The van der Waals surface area contributed by atoms with Gasteiger partial charge in [0.25, 0.3) is 0 Å². The number of nitrogens with one attached hydrogen (secondary N) is 3. The number of carbonyl (C=O) groups excluding carboxylic acids is 3. The standard InChI is InChI=1S/C24H34N4O10S/c1-39-11-10-16(26-21(34)15(25)6-8-19(30)31)22(35)28-18(12-13-2-4-14(29)5-3-13)23(36)27-17(24(37)38)7-9-20(32)33/h2-5,15-18,29H,6-12,25H2,1H3,(H,26,34)(H,27,36)(H,28,35)(H,30,31)(H,32,33)(H,37,38). The molecule has 0 aliphatic carbocycles. The zero-order valence-electron chi connectivity index (χ0n) is 21.3. The smallest absolute Gasteiger partial charge is 0.326 e. The Hall–Kier alpha value is -3.85. The Labute approximate surface area is 228 Å². The Morgan fingerprint density at radius 3 is 1.82 bits per heavy atom. The van der Waals surface area contributed by atoms with Crippen LogP contribution in [0.3, 0.4) is 0 Å². The van der Waals surface area contributed by atoms with Crippen LogP contribution in [0.4, 0.5) is 0 Å². The number of carbonyl (C=O) groups is 6. The van der Waals surface area contributed by atoms with Gasteiger partial charge < -0.3 is 42.1 Å². The van der Waals surface area contributed by atoms with Gasteiger partial charge in [-0.2, -0.15) is 11.8 Å². The number of carboxylic acids is 3. The van der Waals surface area contributed by atoms with Crippen LogP contribution in [0.25, 0.3) is 0 Å². The van der Waals surface area contributed by atoms with E-state index in [1.807, 2.05) is 0 Å². The minimum absolute atomic E-state index is 0.0394. The summed E-state index contributed by atoms with van der Waals surface area (Å²) in [6.45, 7) is 0. The summed E-state index contributed by atoms with van der Waals surface area (Å²) < 4.78 is 0. The van der Waals surface area contributed by atoms with Crippen molar-refractivity contribution in [3.63, 3.8) is 0 Å². The van der Waals surface area contributed by atoms with Crippen LogP contribution in [0, 0.1) is 0 Å². The highest BCUT2D eigenvalue weighted by Crippen LogP contribution is 2.13. The fraction of sp³-hybridized carbons (Fsp3) is 0.500. The molecule has 4 atom stereocenters. The van der Waals surface area contributed by atoms with Crippen molar-refractivity contribution in [2.75, 3.05) is 12.0 Å². The van der Waals surface area contributed by atoms with Crippen LogP contribution in [0.5, 0.6) is 5.75 Å². The maximum absolute atomic E-state index is 13.2. The molecular formula is C24H34N4O10S. The highest BCUT2D eigenvalue weighted by Gasteiger charge is 2.30. The quantitative estimate of drug-likeness (QED) is 0.109. The summed E-state index contributed by atoms with van der Waals surface area (Å²) in [5.74, 6) is -5.87. The molecule has 216 valence electrons. The van der Waals surface area contributed by atoms with Gasteiger partial charge >= 0.3 is 17.9 Å². The van der Waals surface area contributed by atoms with E-state index in [0.29, 0.717) is 11.3 Å². The molecule has 14 nitrogen and oxygen atoms in total. The zero-order valence-corrected chi connectivity index (χ0v) is 22.1. The van der Waals surface area contributed by atoms with E-state index in [1.54, 1.807) is 6.26 Å². The number of hydrogen-bond acceptors (Lipinski definition) is 9. The monoisotopic (exact) mass is 570 g/mol. The average Bonchev–Trinajstić information content (AvgIpc) is 2.87. The lowest BCUT2D eigenvalue weighted by atomic mass is 10.0. The van der Waals surface area contributed by atoms with Crippen LogP contribution in [0.2, 0.25) is 0 Å². The molecule has 39 heavy (non-hydrogen) atoms. The molecule has 0 saturated carbocycles. The first-order chi connectivity index (χ1) is 18.3. The maximum atomic E-state index is 13.2. The van der Waals surface area contributed by atoms with Gasteiger partial charge in [0.05, 0.1) is 6.04 Å². The summed E-state index contributed by atoms with van der Waals surface area (Å²) in [5.41, 5.74) is 6.25. The second-order valence-electron chi connectivity index (χ2n) is 8.65. The van der Waals surface area contributed by atoms with Crippen molar-refractivity contribution in [3.05, 3.63) is 29.8 Å². The molecule has 0 aliphatic heterocycles. The molecule has 0 fully saturated rings. The second kappa shape index (κ2) is 16.9. The van der Waals surface area contributed by atoms with Gasteiger partial charge in [-0.05, 0) is 49.0 Å². The van der Waals surface area contributed by atoms with E-state index in [9.17, 15) is 39.0 Å². The van der Waals surface area contributed by atoms with Crippen LogP contribution in [-0.4, -0.2) is 92.2 Å². The number of amides is 3. The minimum Gasteiger partial charge on any atom is -0.508 e. The minimum atomic E-state index is -1.54. The van der Waals surface area contributed by atoms with Gasteiger partial charge in [-0.25, -0.2) is 4.79 Å². The Morgan fingerprint density at radius 1 is 0.769 bits per heavy atom. The molecule has 1 aromatic rings. The Morgan fingerprint density at radius 2 is 1.28 bits per heavy atom. The summed E-state index contributed by atoms with van der Waals surface area (Å²) in [6.07, 6.45) is 0.390. The van der Waals surface area contributed by atoms with Crippen LogP contribution in [0.1, 0.15) is 37.7 Å². The predicted molar refractivity (Wildman–Crippen MR) is 140 cm³/mol. The lowest BCUT2D eigenvalue weighted by Crippen LogP contribution is -2.57. The molecule has 0 heterocycles. The van der Waals surface area contributed by atoms with Crippen LogP contribution >= 0.6 is 11.8 Å². The number of phenols is 1. The van der Waals surface area contributed by atoms with E-state index in [2.05, 4.69) is 16.0 Å². The largest absolute Gasteiger partial charge is 0.508 e. The van der Waals surface area contributed by atoms with Crippen LogP contribution in [0.15, 0.2) is 24.3 Å². The van der Waals surface area contributed by atoms with Crippen molar-refractivity contribution >= 4 is 47.4 Å². The van der Waals surface area contributed by atoms with Gasteiger partial charge in [0, 0.05) is 19.3 Å². The van der Waals surface area contributed by atoms with Crippen molar-refractivity contribution < 1.29 is 49.2 Å². The number of carboxylic acid groups (broad SMARTS) is 3. The molecule has 1 aromatic carbocycles. The third-order valence-electron chi connectivity index (χ3n) is 5.52. The Bertz CT molecular complexity index is 1020.